The van der Waals surface area contributed by atoms with Gasteiger partial charge in [-0.2, -0.15) is 0 Å². The van der Waals surface area contributed by atoms with Crippen LogP contribution in [0.4, 0.5) is 4.39 Å². The summed E-state index contributed by atoms with van der Waals surface area (Å²) in [7, 11) is 1.62. The summed E-state index contributed by atoms with van der Waals surface area (Å²) in [5, 5.41) is 9.54. The molecule has 1 N–H and O–H groups in total. The molecule has 0 bridgehead atoms. The summed E-state index contributed by atoms with van der Waals surface area (Å²) < 4.78 is 18.0. The molecule has 0 saturated heterocycles. The van der Waals surface area contributed by atoms with E-state index in [4.69, 9.17) is 4.74 Å². The molecule has 0 aromatic heterocycles. The van der Waals surface area contributed by atoms with Crippen LogP contribution >= 0.6 is 0 Å². The van der Waals surface area contributed by atoms with Crippen molar-refractivity contribution in [2.24, 2.45) is 0 Å². The first-order valence-corrected chi connectivity index (χ1v) is 6.22. The number of hydrogen-bond acceptors (Lipinski definition) is 2. The van der Waals surface area contributed by atoms with E-state index in [2.05, 4.69) is 0 Å². The molecule has 2 aromatic rings. The Morgan fingerprint density at radius 1 is 1.16 bits per heavy atom. The lowest BCUT2D eigenvalue weighted by Gasteiger charge is -2.15. The van der Waals surface area contributed by atoms with Crippen LogP contribution in [-0.2, 0) is 6.42 Å². The average Bonchev–Trinajstić information content (AvgIpc) is 2.46. The molecule has 100 valence electrons. The molecule has 0 fully saturated rings. The molecule has 2 nitrogen and oxygen atoms in total. The van der Waals surface area contributed by atoms with E-state index in [0.29, 0.717) is 6.42 Å². The van der Waals surface area contributed by atoms with E-state index in [0.717, 1.165) is 16.9 Å². The topological polar surface area (TPSA) is 29.5 Å². The zero-order chi connectivity index (χ0) is 13.7. The Kier molecular flexibility index (Phi) is 4.53. The minimum atomic E-state index is -0.245. The van der Waals surface area contributed by atoms with Crippen molar-refractivity contribution in [3.63, 3.8) is 0 Å². The van der Waals surface area contributed by atoms with Gasteiger partial charge in [-0.1, -0.05) is 24.3 Å². The third-order valence-corrected chi connectivity index (χ3v) is 3.18. The number of methoxy groups -OCH3 is 1. The van der Waals surface area contributed by atoms with Gasteiger partial charge in [0.1, 0.15) is 11.6 Å². The highest BCUT2D eigenvalue weighted by Gasteiger charge is 2.12. The Hall–Kier alpha value is -1.87. The van der Waals surface area contributed by atoms with Gasteiger partial charge in [0, 0.05) is 5.92 Å². The zero-order valence-corrected chi connectivity index (χ0v) is 10.8. The Morgan fingerprint density at radius 2 is 1.89 bits per heavy atom. The second-order valence-corrected chi connectivity index (χ2v) is 4.49. The van der Waals surface area contributed by atoms with E-state index in [-0.39, 0.29) is 18.3 Å². The number of ether oxygens (including phenoxy) is 1. The quantitative estimate of drug-likeness (QED) is 0.894. The number of aliphatic hydroxyl groups excluding tert-OH is 1. The first-order valence-electron chi connectivity index (χ1n) is 6.22. The van der Waals surface area contributed by atoms with Gasteiger partial charge in [0.15, 0.2) is 0 Å². The minimum absolute atomic E-state index is 0.0134. The van der Waals surface area contributed by atoms with Gasteiger partial charge in [-0.15, -0.1) is 0 Å². The molecule has 3 heteroatoms. The monoisotopic (exact) mass is 260 g/mol. The lowest BCUT2D eigenvalue weighted by atomic mass is 9.92. The Morgan fingerprint density at radius 3 is 2.53 bits per heavy atom. The van der Waals surface area contributed by atoms with Gasteiger partial charge in [0.05, 0.1) is 13.7 Å². The predicted molar refractivity (Wildman–Crippen MR) is 72.9 cm³/mol. The second-order valence-electron chi connectivity index (χ2n) is 4.49. The van der Waals surface area contributed by atoms with Crippen LogP contribution in [-0.4, -0.2) is 18.8 Å². The first-order chi connectivity index (χ1) is 9.22. The predicted octanol–water partition coefficient (Wildman–Crippen LogP) is 3.15. The van der Waals surface area contributed by atoms with Gasteiger partial charge in [-0.05, 0) is 41.8 Å². The molecule has 2 aromatic carbocycles. The molecule has 0 aliphatic rings. The fraction of sp³-hybridized carbons (Fsp3) is 0.250. The van der Waals surface area contributed by atoms with Crippen LogP contribution in [0.25, 0.3) is 0 Å². The summed E-state index contributed by atoms with van der Waals surface area (Å²) in [6, 6.07) is 14.0. The molecule has 0 amide bonds. The Labute approximate surface area is 112 Å². The Balaban J connectivity index is 2.17. The molecule has 0 aliphatic heterocycles. The summed E-state index contributed by atoms with van der Waals surface area (Å²) in [6.07, 6.45) is 0.671. The van der Waals surface area contributed by atoms with E-state index in [1.807, 2.05) is 24.3 Å². The van der Waals surface area contributed by atoms with Gasteiger partial charge in [0.25, 0.3) is 0 Å². The minimum Gasteiger partial charge on any atom is -0.497 e. The number of benzene rings is 2. The van der Waals surface area contributed by atoms with Crippen LogP contribution < -0.4 is 4.74 Å². The SMILES string of the molecule is COc1cccc(C(CO)Cc2ccc(F)cc2)c1. The molecule has 0 heterocycles. The lowest BCUT2D eigenvalue weighted by Crippen LogP contribution is -2.08. The highest BCUT2D eigenvalue weighted by atomic mass is 19.1. The van der Waals surface area contributed by atoms with Crippen molar-refractivity contribution in [3.05, 3.63) is 65.5 Å². The number of halogens is 1. The van der Waals surface area contributed by atoms with Crippen molar-refractivity contribution in [2.75, 3.05) is 13.7 Å². The molecule has 2 rings (SSSR count). The third-order valence-electron chi connectivity index (χ3n) is 3.18. The largest absolute Gasteiger partial charge is 0.497 e. The summed E-state index contributed by atoms with van der Waals surface area (Å²) >= 11 is 0. The standard InChI is InChI=1S/C16H17FO2/c1-19-16-4-2-3-13(10-16)14(11-18)9-12-5-7-15(17)8-6-12/h2-8,10,14,18H,9,11H2,1H3. The highest BCUT2D eigenvalue weighted by molar-refractivity contribution is 5.32. The van der Waals surface area contributed by atoms with Crippen molar-refractivity contribution < 1.29 is 14.2 Å². The fourth-order valence-electron chi connectivity index (χ4n) is 2.09. The Bertz CT molecular complexity index is 523. The van der Waals surface area contributed by atoms with Crippen LogP contribution in [0.2, 0.25) is 0 Å². The van der Waals surface area contributed by atoms with Crippen molar-refractivity contribution >= 4 is 0 Å². The number of hydrogen-bond donors (Lipinski definition) is 1. The summed E-state index contributed by atoms with van der Waals surface area (Å²) in [6.45, 7) is 0.0462. The van der Waals surface area contributed by atoms with E-state index >= 15 is 0 Å². The summed E-state index contributed by atoms with van der Waals surface area (Å²) in [5.41, 5.74) is 2.02. The van der Waals surface area contributed by atoms with Crippen LogP contribution in [0.3, 0.4) is 0 Å². The number of aliphatic hydroxyl groups is 1. The van der Waals surface area contributed by atoms with E-state index in [1.165, 1.54) is 12.1 Å². The van der Waals surface area contributed by atoms with Crippen molar-refractivity contribution in [1.82, 2.24) is 0 Å². The van der Waals surface area contributed by atoms with Crippen LogP contribution in [0.15, 0.2) is 48.5 Å². The van der Waals surface area contributed by atoms with Gasteiger partial charge in [-0.3, -0.25) is 0 Å². The maximum atomic E-state index is 12.9. The maximum Gasteiger partial charge on any atom is 0.123 e. The van der Waals surface area contributed by atoms with Gasteiger partial charge < -0.3 is 9.84 Å². The third kappa shape index (κ3) is 3.55. The van der Waals surface area contributed by atoms with Crippen LogP contribution in [0.5, 0.6) is 5.75 Å². The molecule has 0 spiro atoms. The van der Waals surface area contributed by atoms with Crippen molar-refractivity contribution in [3.8, 4) is 5.75 Å². The summed E-state index contributed by atoms with van der Waals surface area (Å²) in [5.74, 6) is 0.515. The van der Waals surface area contributed by atoms with Crippen LogP contribution in [0, 0.1) is 5.82 Å². The average molecular weight is 260 g/mol. The molecule has 1 unspecified atom stereocenters. The highest BCUT2D eigenvalue weighted by Crippen LogP contribution is 2.24. The molecule has 0 aliphatic carbocycles. The van der Waals surface area contributed by atoms with Gasteiger partial charge in [-0.25, -0.2) is 4.39 Å². The van der Waals surface area contributed by atoms with Crippen molar-refractivity contribution in [2.45, 2.75) is 12.3 Å². The maximum absolute atomic E-state index is 12.9. The lowest BCUT2D eigenvalue weighted by molar-refractivity contribution is 0.264. The molecule has 0 saturated carbocycles. The number of rotatable bonds is 5. The zero-order valence-electron chi connectivity index (χ0n) is 10.8. The molecular weight excluding hydrogens is 243 g/mol. The molecular formula is C16H17FO2. The molecule has 1 atom stereocenters. The molecule has 0 radical (unpaired) electrons. The first kappa shape index (κ1) is 13.6. The van der Waals surface area contributed by atoms with E-state index < -0.39 is 0 Å². The summed E-state index contributed by atoms with van der Waals surface area (Å²) in [4.78, 5) is 0. The second kappa shape index (κ2) is 6.34. The van der Waals surface area contributed by atoms with Gasteiger partial charge >= 0.3 is 0 Å². The normalized spacial score (nSPS) is 12.2. The smallest absolute Gasteiger partial charge is 0.123 e. The van der Waals surface area contributed by atoms with Crippen LogP contribution in [0.1, 0.15) is 17.0 Å². The fourth-order valence-corrected chi connectivity index (χ4v) is 2.09. The molecule has 19 heavy (non-hydrogen) atoms. The van der Waals surface area contributed by atoms with Crippen molar-refractivity contribution in [1.29, 1.82) is 0 Å². The van der Waals surface area contributed by atoms with Gasteiger partial charge in [0.2, 0.25) is 0 Å². The van der Waals surface area contributed by atoms with E-state index in [1.54, 1.807) is 19.2 Å². The van der Waals surface area contributed by atoms with E-state index in [9.17, 15) is 9.50 Å².